The van der Waals surface area contributed by atoms with Gasteiger partial charge in [0.2, 0.25) is 5.89 Å². The fraction of sp³-hybridized carbons (Fsp3) is 0.444. The number of hydrogen-bond donors (Lipinski definition) is 3. The predicted octanol–water partition coefficient (Wildman–Crippen LogP) is 3.32. The Balaban J connectivity index is 1.67. The highest BCUT2D eigenvalue weighted by Gasteiger charge is 2.39. The number of oxazole rings is 1. The molecule has 1 aromatic carbocycles. The molecule has 128 valence electrons. The number of aliphatic hydroxyl groups excluding tert-OH is 1. The van der Waals surface area contributed by atoms with E-state index in [1.54, 1.807) is 6.26 Å². The summed E-state index contributed by atoms with van der Waals surface area (Å²) in [4.78, 5) is 16.6. The first-order valence-corrected chi connectivity index (χ1v) is 8.21. The molecule has 3 N–H and O–H groups in total. The molecule has 0 spiro atoms. The molecule has 0 radical (unpaired) electrons. The number of carbonyl (C=O) groups is 1. The predicted molar refractivity (Wildman–Crippen MR) is 91.7 cm³/mol. The first-order chi connectivity index (χ1) is 11.5. The number of hydrogen-bond acceptors (Lipinski definition) is 4. The van der Waals surface area contributed by atoms with Gasteiger partial charge in [0.05, 0.1) is 12.3 Å². The Morgan fingerprint density at radius 3 is 3.04 bits per heavy atom. The third-order valence-corrected chi connectivity index (χ3v) is 4.73. The maximum atomic E-state index is 12.3. The van der Waals surface area contributed by atoms with Crippen molar-refractivity contribution in [2.45, 2.75) is 39.2 Å². The minimum Gasteiger partial charge on any atom is -0.444 e. The van der Waals surface area contributed by atoms with E-state index in [9.17, 15) is 9.90 Å². The molecule has 0 saturated heterocycles. The number of nitrogens with zero attached hydrogens (tertiary/aromatic N) is 1. The van der Waals surface area contributed by atoms with Gasteiger partial charge in [0.15, 0.2) is 0 Å². The number of aromatic nitrogens is 1. The molecule has 2 amide bonds. The summed E-state index contributed by atoms with van der Waals surface area (Å²) in [5.74, 6) is 0.528. The second-order valence-electron chi connectivity index (χ2n) is 6.73. The van der Waals surface area contributed by atoms with E-state index in [1.807, 2.05) is 38.1 Å². The van der Waals surface area contributed by atoms with Gasteiger partial charge in [-0.2, -0.15) is 0 Å². The van der Waals surface area contributed by atoms with Crippen LogP contribution in [-0.2, 0) is 0 Å². The Hall–Kier alpha value is -2.34. The summed E-state index contributed by atoms with van der Waals surface area (Å²) < 4.78 is 5.39. The third-order valence-electron chi connectivity index (χ3n) is 4.73. The first kappa shape index (κ1) is 16.5. The Labute approximate surface area is 141 Å². The van der Waals surface area contributed by atoms with Crippen LogP contribution in [0.5, 0.6) is 0 Å². The highest BCUT2D eigenvalue weighted by Crippen LogP contribution is 2.37. The van der Waals surface area contributed by atoms with Crippen molar-refractivity contribution in [3.8, 4) is 11.5 Å². The van der Waals surface area contributed by atoms with Gasteiger partial charge < -0.3 is 20.2 Å². The molecule has 0 bridgehead atoms. The van der Waals surface area contributed by atoms with Crippen LogP contribution in [0, 0.1) is 12.3 Å². The van der Waals surface area contributed by atoms with Crippen molar-refractivity contribution >= 4 is 11.7 Å². The highest BCUT2D eigenvalue weighted by atomic mass is 16.3. The van der Waals surface area contributed by atoms with Gasteiger partial charge in [0, 0.05) is 22.7 Å². The number of urea groups is 1. The number of benzene rings is 1. The van der Waals surface area contributed by atoms with Gasteiger partial charge in [-0.15, -0.1) is 0 Å². The topological polar surface area (TPSA) is 87.4 Å². The molecule has 1 aromatic heterocycles. The van der Waals surface area contributed by atoms with Crippen LogP contribution in [0.4, 0.5) is 10.5 Å². The number of rotatable bonds is 4. The van der Waals surface area contributed by atoms with Crippen molar-refractivity contribution < 1.29 is 14.3 Å². The van der Waals surface area contributed by atoms with Gasteiger partial charge >= 0.3 is 6.03 Å². The molecule has 1 heterocycles. The van der Waals surface area contributed by atoms with Crippen LogP contribution in [0.1, 0.15) is 31.9 Å². The molecular formula is C18H23N3O3. The molecular weight excluding hydrogens is 306 g/mol. The molecule has 2 unspecified atom stereocenters. The number of amides is 2. The van der Waals surface area contributed by atoms with Crippen LogP contribution >= 0.6 is 0 Å². The highest BCUT2D eigenvalue weighted by molar-refractivity contribution is 5.90. The smallest absolute Gasteiger partial charge is 0.319 e. The van der Waals surface area contributed by atoms with Crippen LogP contribution in [0.25, 0.3) is 11.5 Å². The standard InChI is InChI=1S/C18H23N3O3/c1-12-10-24-16(19-12)13-5-3-6-14(9-13)20-17(23)21-15-7-4-8-18(15,2)11-22/h3,5-6,9-10,15,22H,4,7-8,11H2,1-2H3,(H2,20,21,23). The summed E-state index contributed by atoms with van der Waals surface area (Å²) in [7, 11) is 0. The van der Waals surface area contributed by atoms with Crippen LogP contribution in [0.15, 0.2) is 34.9 Å². The van der Waals surface area contributed by atoms with Crippen LogP contribution in [0.2, 0.25) is 0 Å². The molecule has 6 nitrogen and oxygen atoms in total. The maximum absolute atomic E-state index is 12.3. The summed E-state index contributed by atoms with van der Waals surface area (Å²) in [6.45, 7) is 3.95. The van der Waals surface area contributed by atoms with Crippen LogP contribution in [-0.4, -0.2) is 28.8 Å². The molecule has 6 heteroatoms. The number of carbonyl (C=O) groups excluding carboxylic acids is 1. The minimum atomic E-state index is -0.262. The first-order valence-electron chi connectivity index (χ1n) is 8.21. The minimum absolute atomic E-state index is 0.0138. The summed E-state index contributed by atoms with van der Waals surface area (Å²) in [5, 5.41) is 15.4. The van der Waals surface area contributed by atoms with Crippen molar-refractivity contribution in [1.29, 1.82) is 0 Å². The van der Waals surface area contributed by atoms with E-state index < -0.39 is 0 Å². The fourth-order valence-electron chi connectivity index (χ4n) is 3.21. The maximum Gasteiger partial charge on any atom is 0.319 e. The van der Waals surface area contributed by atoms with Gasteiger partial charge in [0.1, 0.15) is 6.26 Å². The normalized spacial score (nSPS) is 23.2. The van der Waals surface area contributed by atoms with Crippen molar-refractivity contribution in [2.75, 3.05) is 11.9 Å². The zero-order valence-corrected chi connectivity index (χ0v) is 14.0. The number of nitrogens with one attached hydrogen (secondary N) is 2. The second-order valence-corrected chi connectivity index (χ2v) is 6.73. The monoisotopic (exact) mass is 329 g/mol. The van der Waals surface area contributed by atoms with E-state index >= 15 is 0 Å². The molecule has 3 rings (SSSR count). The fourth-order valence-corrected chi connectivity index (χ4v) is 3.21. The summed E-state index contributed by atoms with van der Waals surface area (Å²) in [6, 6.07) is 7.10. The average Bonchev–Trinajstić information content (AvgIpc) is 3.15. The quantitative estimate of drug-likeness (QED) is 0.803. The Bertz CT molecular complexity index is 728. The van der Waals surface area contributed by atoms with Crippen molar-refractivity contribution in [1.82, 2.24) is 10.3 Å². The van der Waals surface area contributed by atoms with Crippen molar-refractivity contribution in [3.05, 3.63) is 36.2 Å². The number of anilines is 1. The molecule has 1 fully saturated rings. The lowest BCUT2D eigenvalue weighted by Crippen LogP contribution is -2.46. The summed E-state index contributed by atoms with van der Waals surface area (Å²) >= 11 is 0. The van der Waals surface area contributed by atoms with E-state index in [4.69, 9.17) is 4.42 Å². The van der Waals surface area contributed by atoms with Gasteiger partial charge in [-0.05, 0) is 38.0 Å². The Morgan fingerprint density at radius 1 is 1.50 bits per heavy atom. The largest absolute Gasteiger partial charge is 0.444 e. The zero-order valence-electron chi connectivity index (χ0n) is 14.0. The second kappa shape index (κ2) is 6.65. The molecule has 1 saturated carbocycles. The number of aliphatic hydroxyl groups is 1. The van der Waals surface area contributed by atoms with E-state index in [0.29, 0.717) is 11.6 Å². The van der Waals surface area contributed by atoms with E-state index in [0.717, 1.165) is 30.5 Å². The zero-order chi connectivity index (χ0) is 17.2. The molecule has 24 heavy (non-hydrogen) atoms. The molecule has 2 aromatic rings. The Morgan fingerprint density at radius 2 is 2.33 bits per heavy atom. The lowest BCUT2D eigenvalue weighted by atomic mass is 9.86. The average molecular weight is 329 g/mol. The summed E-state index contributed by atoms with van der Waals surface area (Å²) in [6.07, 6.45) is 4.42. The van der Waals surface area contributed by atoms with Gasteiger partial charge in [-0.3, -0.25) is 0 Å². The molecule has 2 atom stereocenters. The number of aryl methyl sites for hydroxylation is 1. The lowest BCUT2D eigenvalue weighted by molar-refractivity contribution is 0.122. The van der Waals surface area contributed by atoms with Gasteiger partial charge in [-0.1, -0.05) is 19.4 Å². The van der Waals surface area contributed by atoms with Crippen LogP contribution in [0.3, 0.4) is 0 Å². The van der Waals surface area contributed by atoms with E-state index in [-0.39, 0.29) is 24.1 Å². The Kier molecular flexibility index (Phi) is 4.57. The van der Waals surface area contributed by atoms with E-state index in [1.165, 1.54) is 0 Å². The van der Waals surface area contributed by atoms with Crippen molar-refractivity contribution in [2.24, 2.45) is 5.41 Å². The van der Waals surface area contributed by atoms with Crippen LogP contribution < -0.4 is 10.6 Å². The molecule has 1 aliphatic rings. The van der Waals surface area contributed by atoms with Crippen molar-refractivity contribution in [3.63, 3.8) is 0 Å². The molecule has 1 aliphatic carbocycles. The lowest BCUT2D eigenvalue weighted by Gasteiger charge is -2.30. The van der Waals surface area contributed by atoms with Gasteiger partial charge in [0.25, 0.3) is 0 Å². The van der Waals surface area contributed by atoms with E-state index in [2.05, 4.69) is 15.6 Å². The molecule has 0 aliphatic heterocycles. The summed E-state index contributed by atoms with van der Waals surface area (Å²) in [5.41, 5.74) is 2.05. The third kappa shape index (κ3) is 3.43. The SMILES string of the molecule is Cc1coc(-c2cccc(NC(=O)NC3CCCC3(C)CO)c2)n1. The van der Waals surface area contributed by atoms with Gasteiger partial charge in [-0.25, -0.2) is 9.78 Å².